The van der Waals surface area contributed by atoms with E-state index in [2.05, 4.69) is 30.3 Å². The fourth-order valence-corrected chi connectivity index (χ4v) is 3.09. The Labute approximate surface area is 109 Å². The number of hydrogen-bond donors (Lipinski definition) is 0. The molecular formula is C16H22O2. The van der Waals surface area contributed by atoms with Crippen LogP contribution in [0.3, 0.4) is 0 Å². The monoisotopic (exact) mass is 246 g/mol. The molecule has 2 heteroatoms. The van der Waals surface area contributed by atoms with Crippen LogP contribution in [0.5, 0.6) is 0 Å². The van der Waals surface area contributed by atoms with Gasteiger partial charge in [0.05, 0.1) is 6.61 Å². The first-order chi connectivity index (χ1) is 8.73. The molecule has 98 valence electrons. The summed E-state index contributed by atoms with van der Waals surface area (Å²) in [5.41, 5.74) is 1.64. The van der Waals surface area contributed by atoms with Crippen molar-refractivity contribution >= 4 is 5.97 Å². The van der Waals surface area contributed by atoms with Crippen LogP contribution < -0.4 is 0 Å². The van der Waals surface area contributed by atoms with Gasteiger partial charge in [-0.05, 0) is 30.2 Å². The maximum atomic E-state index is 10.9. The summed E-state index contributed by atoms with van der Waals surface area (Å²) >= 11 is 0. The smallest absolute Gasteiger partial charge is 0.302 e. The van der Waals surface area contributed by atoms with E-state index in [0.717, 1.165) is 6.42 Å². The summed E-state index contributed by atoms with van der Waals surface area (Å²) in [6.07, 6.45) is 7.30. The molecule has 1 aliphatic carbocycles. The summed E-state index contributed by atoms with van der Waals surface area (Å²) in [5.74, 6) is -0.172. The molecule has 1 aromatic rings. The normalized spacial score (nSPS) is 18.3. The second-order valence-electron chi connectivity index (χ2n) is 5.30. The van der Waals surface area contributed by atoms with Crippen LogP contribution in [0.2, 0.25) is 0 Å². The van der Waals surface area contributed by atoms with E-state index in [4.69, 9.17) is 4.74 Å². The van der Waals surface area contributed by atoms with E-state index in [0.29, 0.717) is 6.61 Å². The van der Waals surface area contributed by atoms with Crippen molar-refractivity contribution in [2.75, 3.05) is 6.61 Å². The van der Waals surface area contributed by atoms with Gasteiger partial charge in [-0.25, -0.2) is 0 Å². The summed E-state index contributed by atoms with van der Waals surface area (Å²) in [4.78, 5) is 10.9. The predicted molar refractivity (Wildman–Crippen MR) is 72.5 cm³/mol. The van der Waals surface area contributed by atoms with Crippen LogP contribution in [-0.2, 0) is 14.9 Å². The van der Waals surface area contributed by atoms with Gasteiger partial charge in [0.15, 0.2) is 0 Å². The van der Waals surface area contributed by atoms with E-state index in [9.17, 15) is 4.79 Å². The second kappa shape index (κ2) is 6.03. The van der Waals surface area contributed by atoms with Gasteiger partial charge in [-0.2, -0.15) is 0 Å². The molecule has 0 amide bonds. The Hall–Kier alpha value is -1.31. The quantitative estimate of drug-likeness (QED) is 0.754. The Morgan fingerprint density at radius 1 is 1.17 bits per heavy atom. The van der Waals surface area contributed by atoms with Crippen LogP contribution in [0.15, 0.2) is 30.3 Å². The third-order valence-electron chi connectivity index (χ3n) is 4.08. The number of esters is 1. The zero-order valence-corrected chi connectivity index (χ0v) is 11.2. The zero-order valence-electron chi connectivity index (χ0n) is 11.2. The Morgan fingerprint density at radius 2 is 1.83 bits per heavy atom. The number of carbonyl (C=O) groups is 1. The van der Waals surface area contributed by atoms with E-state index in [1.54, 1.807) is 0 Å². The molecule has 0 aliphatic heterocycles. The van der Waals surface area contributed by atoms with E-state index in [1.807, 2.05) is 0 Å². The van der Waals surface area contributed by atoms with Gasteiger partial charge in [-0.1, -0.05) is 49.6 Å². The summed E-state index contributed by atoms with van der Waals surface area (Å²) in [6.45, 7) is 2.03. The number of hydrogen-bond acceptors (Lipinski definition) is 2. The van der Waals surface area contributed by atoms with Crippen LogP contribution in [0.25, 0.3) is 0 Å². The molecule has 0 saturated heterocycles. The first kappa shape index (κ1) is 13.1. The van der Waals surface area contributed by atoms with Crippen LogP contribution in [-0.4, -0.2) is 12.6 Å². The van der Waals surface area contributed by atoms with Crippen LogP contribution in [0, 0.1) is 0 Å². The van der Waals surface area contributed by atoms with Gasteiger partial charge in [-0.3, -0.25) is 4.79 Å². The maximum absolute atomic E-state index is 10.9. The summed E-state index contributed by atoms with van der Waals surface area (Å²) < 4.78 is 5.15. The molecule has 2 rings (SSSR count). The van der Waals surface area contributed by atoms with E-state index in [-0.39, 0.29) is 11.4 Å². The Kier molecular flexibility index (Phi) is 4.40. The topological polar surface area (TPSA) is 26.3 Å². The molecule has 18 heavy (non-hydrogen) atoms. The highest BCUT2D eigenvalue weighted by atomic mass is 16.5. The first-order valence-corrected chi connectivity index (χ1v) is 6.92. The number of carbonyl (C=O) groups excluding carboxylic acids is 1. The van der Waals surface area contributed by atoms with E-state index >= 15 is 0 Å². The molecule has 0 bridgehead atoms. The molecule has 1 saturated carbocycles. The molecule has 0 unspecified atom stereocenters. The molecule has 1 aromatic carbocycles. The molecule has 2 nitrogen and oxygen atoms in total. The van der Waals surface area contributed by atoms with Gasteiger partial charge in [0.25, 0.3) is 0 Å². The van der Waals surface area contributed by atoms with Crippen LogP contribution in [0.1, 0.15) is 51.0 Å². The highest BCUT2D eigenvalue weighted by Crippen LogP contribution is 2.42. The number of benzene rings is 1. The molecule has 0 N–H and O–H groups in total. The maximum Gasteiger partial charge on any atom is 0.302 e. The van der Waals surface area contributed by atoms with Crippen molar-refractivity contribution in [1.29, 1.82) is 0 Å². The Morgan fingerprint density at radius 3 is 2.44 bits per heavy atom. The Bertz CT molecular complexity index is 377. The van der Waals surface area contributed by atoms with Gasteiger partial charge < -0.3 is 4.74 Å². The third-order valence-corrected chi connectivity index (χ3v) is 4.08. The van der Waals surface area contributed by atoms with Gasteiger partial charge >= 0.3 is 5.97 Å². The molecular weight excluding hydrogens is 224 g/mol. The van der Waals surface area contributed by atoms with Gasteiger partial charge in [0, 0.05) is 6.92 Å². The summed E-state index contributed by atoms with van der Waals surface area (Å²) in [5, 5.41) is 0. The highest BCUT2D eigenvalue weighted by molar-refractivity contribution is 5.65. The van der Waals surface area contributed by atoms with Crippen molar-refractivity contribution in [3.63, 3.8) is 0 Å². The average Bonchev–Trinajstić information content (AvgIpc) is 2.40. The fraction of sp³-hybridized carbons (Fsp3) is 0.562. The van der Waals surface area contributed by atoms with Crippen LogP contribution in [0.4, 0.5) is 0 Å². The lowest BCUT2D eigenvalue weighted by molar-refractivity contribution is -0.141. The lowest BCUT2D eigenvalue weighted by Crippen LogP contribution is -2.30. The molecule has 0 atom stereocenters. The predicted octanol–water partition coefficient (Wildman–Crippen LogP) is 3.84. The standard InChI is InChI=1S/C16H22O2/c1-14(17)18-13-12-16(10-6-3-7-11-16)15-8-4-2-5-9-15/h2,4-5,8-9H,3,6-7,10-13H2,1H3. The van der Waals surface area contributed by atoms with Gasteiger partial charge in [-0.15, -0.1) is 0 Å². The zero-order chi connectivity index (χ0) is 12.8. The largest absolute Gasteiger partial charge is 0.466 e. The van der Waals surface area contributed by atoms with E-state index < -0.39 is 0 Å². The third kappa shape index (κ3) is 3.12. The van der Waals surface area contributed by atoms with Crippen molar-refractivity contribution in [2.24, 2.45) is 0 Å². The van der Waals surface area contributed by atoms with Gasteiger partial charge in [0.2, 0.25) is 0 Å². The van der Waals surface area contributed by atoms with Crippen molar-refractivity contribution in [3.8, 4) is 0 Å². The average molecular weight is 246 g/mol. The number of rotatable bonds is 4. The molecule has 0 radical (unpaired) electrons. The van der Waals surface area contributed by atoms with Crippen molar-refractivity contribution < 1.29 is 9.53 Å². The minimum atomic E-state index is -0.172. The van der Waals surface area contributed by atoms with Gasteiger partial charge in [0.1, 0.15) is 0 Å². The second-order valence-corrected chi connectivity index (χ2v) is 5.30. The molecule has 1 fully saturated rings. The molecule has 0 spiro atoms. The Balaban J connectivity index is 2.10. The first-order valence-electron chi connectivity index (χ1n) is 6.92. The molecule has 1 aliphatic rings. The van der Waals surface area contributed by atoms with Crippen molar-refractivity contribution in [3.05, 3.63) is 35.9 Å². The van der Waals surface area contributed by atoms with Crippen LogP contribution >= 0.6 is 0 Å². The molecule has 0 heterocycles. The highest BCUT2D eigenvalue weighted by Gasteiger charge is 2.33. The minimum Gasteiger partial charge on any atom is -0.466 e. The SMILES string of the molecule is CC(=O)OCCC1(c2ccccc2)CCCCC1. The lowest BCUT2D eigenvalue weighted by Gasteiger charge is -2.38. The fourth-order valence-electron chi connectivity index (χ4n) is 3.09. The van der Waals surface area contributed by atoms with E-state index in [1.165, 1.54) is 44.6 Å². The summed E-state index contributed by atoms with van der Waals surface area (Å²) in [7, 11) is 0. The number of ether oxygens (including phenoxy) is 1. The van der Waals surface area contributed by atoms with Crippen molar-refractivity contribution in [1.82, 2.24) is 0 Å². The van der Waals surface area contributed by atoms with Crippen molar-refractivity contribution in [2.45, 2.75) is 50.9 Å². The summed E-state index contributed by atoms with van der Waals surface area (Å²) in [6, 6.07) is 10.7. The lowest BCUT2D eigenvalue weighted by atomic mass is 9.67. The molecule has 0 aromatic heterocycles. The minimum absolute atomic E-state index is 0.172.